The number of hydrogen-bond donors (Lipinski definition) is 1. The lowest BCUT2D eigenvalue weighted by Gasteiger charge is -2.35. The number of aliphatic hydroxyl groups excluding tert-OH is 1. The van der Waals surface area contributed by atoms with Gasteiger partial charge in [0.1, 0.15) is 0 Å². The van der Waals surface area contributed by atoms with Gasteiger partial charge in [-0.05, 0) is 29.5 Å². The molecule has 5 heteroatoms. The molecule has 1 aromatic heterocycles. The molecule has 26 heavy (non-hydrogen) atoms. The maximum atomic E-state index is 9.89. The Hall–Kier alpha value is -2.50. The summed E-state index contributed by atoms with van der Waals surface area (Å²) >= 11 is 0. The van der Waals surface area contributed by atoms with E-state index in [1.54, 1.807) is 0 Å². The van der Waals surface area contributed by atoms with Gasteiger partial charge in [0.2, 0.25) is 5.89 Å². The summed E-state index contributed by atoms with van der Waals surface area (Å²) in [7, 11) is 0. The van der Waals surface area contributed by atoms with Crippen molar-refractivity contribution in [3.05, 3.63) is 83.0 Å². The Morgan fingerprint density at radius 3 is 2.69 bits per heavy atom. The van der Waals surface area contributed by atoms with E-state index in [1.165, 1.54) is 16.7 Å². The number of rotatable bonds is 6. The molecule has 134 valence electrons. The van der Waals surface area contributed by atoms with E-state index in [1.807, 2.05) is 24.3 Å². The molecule has 0 fully saturated rings. The fourth-order valence-corrected chi connectivity index (χ4v) is 3.64. The zero-order valence-electron chi connectivity index (χ0n) is 14.7. The van der Waals surface area contributed by atoms with Gasteiger partial charge in [-0.2, -0.15) is 4.98 Å². The molecule has 2 heterocycles. The van der Waals surface area contributed by atoms with Gasteiger partial charge in [0.05, 0.1) is 19.2 Å². The van der Waals surface area contributed by atoms with E-state index in [9.17, 15) is 5.11 Å². The molecule has 0 amide bonds. The first-order valence-electron chi connectivity index (χ1n) is 9.11. The number of aliphatic hydroxyl groups is 1. The van der Waals surface area contributed by atoms with Crippen molar-refractivity contribution in [2.45, 2.75) is 31.8 Å². The predicted octanol–water partition coefficient (Wildman–Crippen LogP) is 2.95. The van der Waals surface area contributed by atoms with Crippen molar-refractivity contribution in [3.63, 3.8) is 0 Å². The number of benzene rings is 2. The average molecular weight is 349 g/mol. The Morgan fingerprint density at radius 2 is 1.85 bits per heavy atom. The quantitative estimate of drug-likeness (QED) is 0.741. The van der Waals surface area contributed by atoms with Crippen molar-refractivity contribution >= 4 is 0 Å². The first-order chi connectivity index (χ1) is 12.8. The van der Waals surface area contributed by atoms with Gasteiger partial charge >= 0.3 is 0 Å². The molecule has 4 rings (SSSR count). The second-order valence-electron chi connectivity index (χ2n) is 6.71. The molecule has 3 aromatic rings. The predicted molar refractivity (Wildman–Crippen MR) is 98.5 cm³/mol. The minimum absolute atomic E-state index is 0.0142. The topological polar surface area (TPSA) is 62.4 Å². The van der Waals surface area contributed by atoms with E-state index in [-0.39, 0.29) is 12.6 Å². The first-order valence-corrected chi connectivity index (χ1v) is 9.11. The lowest BCUT2D eigenvalue weighted by Crippen LogP contribution is -2.36. The van der Waals surface area contributed by atoms with E-state index in [0.717, 1.165) is 31.6 Å². The van der Waals surface area contributed by atoms with E-state index >= 15 is 0 Å². The highest BCUT2D eigenvalue weighted by Gasteiger charge is 2.27. The van der Waals surface area contributed by atoms with Crippen LogP contribution in [-0.4, -0.2) is 33.3 Å². The summed E-state index contributed by atoms with van der Waals surface area (Å²) in [6.45, 7) is 1.54. The van der Waals surface area contributed by atoms with Crippen molar-refractivity contribution in [3.8, 4) is 0 Å². The van der Waals surface area contributed by atoms with Gasteiger partial charge in [-0.3, -0.25) is 4.90 Å². The lowest BCUT2D eigenvalue weighted by atomic mass is 9.93. The number of fused-ring (bicyclic) bond motifs is 1. The van der Waals surface area contributed by atoms with Gasteiger partial charge in [-0.1, -0.05) is 59.8 Å². The van der Waals surface area contributed by atoms with Crippen LogP contribution in [0.2, 0.25) is 0 Å². The molecule has 1 aliphatic heterocycles. The summed E-state index contributed by atoms with van der Waals surface area (Å²) in [4.78, 5) is 6.76. The summed E-state index contributed by atoms with van der Waals surface area (Å²) in [5.74, 6) is 1.35. The molecule has 0 radical (unpaired) electrons. The maximum Gasteiger partial charge on any atom is 0.240 e. The molecule has 0 bridgehead atoms. The van der Waals surface area contributed by atoms with Crippen LogP contribution in [0.1, 0.15) is 34.4 Å². The highest BCUT2D eigenvalue weighted by atomic mass is 16.5. The zero-order valence-corrected chi connectivity index (χ0v) is 14.7. The van der Waals surface area contributed by atoms with Crippen molar-refractivity contribution in [2.24, 2.45) is 0 Å². The van der Waals surface area contributed by atoms with Gasteiger partial charge in [-0.15, -0.1) is 0 Å². The number of nitrogens with zero attached hydrogens (tertiary/aromatic N) is 3. The standard InChI is InChI=1S/C21H23N3O2/c25-15-19-18-9-5-4-8-17(18)12-13-24(19)14-21-22-20(23-26-21)11-10-16-6-2-1-3-7-16/h1-9,19,25H,10-15H2. The molecular formula is C21H23N3O2. The Balaban J connectivity index is 1.41. The van der Waals surface area contributed by atoms with Crippen molar-refractivity contribution < 1.29 is 9.63 Å². The van der Waals surface area contributed by atoms with Gasteiger partial charge in [0, 0.05) is 13.0 Å². The molecule has 0 spiro atoms. The fourth-order valence-electron chi connectivity index (χ4n) is 3.64. The van der Waals surface area contributed by atoms with Crippen LogP contribution in [-0.2, 0) is 25.8 Å². The highest BCUT2D eigenvalue weighted by Crippen LogP contribution is 2.30. The second kappa shape index (κ2) is 7.81. The van der Waals surface area contributed by atoms with E-state index < -0.39 is 0 Å². The lowest BCUT2D eigenvalue weighted by molar-refractivity contribution is 0.0971. The van der Waals surface area contributed by atoms with Crippen LogP contribution < -0.4 is 0 Å². The van der Waals surface area contributed by atoms with Crippen LogP contribution in [0.4, 0.5) is 0 Å². The summed E-state index contributed by atoms with van der Waals surface area (Å²) in [5, 5.41) is 14.0. The maximum absolute atomic E-state index is 9.89. The minimum Gasteiger partial charge on any atom is -0.394 e. The Kier molecular flexibility index (Phi) is 5.09. The third kappa shape index (κ3) is 3.69. The summed E-state index contributed by atoms with van der Waals surface area (Å²) in [6.07, 6.45) is 2.64. The minimum atomic E-state index is -0.0142. The third-order valence-corrected chi connectivity index (χ3v) is 5.02. The van der Waals surface area contributed by atoms with Crippen LogP contribution in [0.5, 0.6) is 0 Å². The van der Waals surface area contributed by atoms with Gasteiger partial charge in [0.25, 0.3) is 0 Å². The van der Waals surface area contributed by atoms with Crippen molar-refractivity contribution in [1.29, 1.82) is 0 Å². The van der Waals surface area contributed by atoms with E-state index in [0.29, 0.717) is 12.4 Å². The van der Waals surface area contributed by atoms with E-state index in [2.05, 4.69) is 45.4 Å². The number of aromatic nitrogens is 2. The average Bonchev–Trinajstić information content (AvgIpc) is 3.14. The molecule has 2 aromatic carbocycles. The molecule has 1 atom stereocenters. The van der Waals surface area contributed by atoms with Gasteiger partial charge < -0.3 is 9.63 Å². The summed E-state index contributed by atoms with van der Waals surface area (Å²) in [6, 6.07) is 18.6. The van der Waals surface area contributed by atoms with Crippen molar-refractivity contribution in [2.75, 3.05) is 13.2 Å². The van der Waals surface area contributed by atoms with Crippen LogP contribution >= 0.6 is 0 Å². The molecule has 0 aliphatic carbocycles. The van der Waals surface area contributed by atoms with Crippen LogP contribution in [0.25, 0.3) is 0 Å². The normalized spacial score (nSPS) is 17.2. The monoisotopic (exact) mass is 349 g/mol. The zero-order chi connectivity index (χ0) is 17.8. The summed E-state index contributed by atoms with van der Waals surface area (Å²) in [5.41, 5.74) is 3.79. The van der Waals surface area contributed by atoms with Crippen LogP contribution in [0.3, 0.4) is 0 Å². The van der Waals surface area contributed by atoms with Crippen LogP contribution in [0, 0.1) is 0 Å². The van der Waals surface area contributed by atoms with Crippen molar-refractivity contribution in [1.82, 2.24) is 15.0 Å². The second-order valence-corrected chi connectivity index (χ2v) is 6.71. The molecule has 1 unspecified atom stereocenters. The molecular weight excluding hydrogens is 326 g/mol. The smallest absolute Gasteiger partial charge is 0.240 e. The molecule has 5 nitrogen and oxygen atoms in total. The Bertz CT molecular complexity index is 847. The molecule has 0 saturated heterocycles. The number of hydrogen-bond acceptors (Lipinski definition) is 5. The fraction of sp³-hybridized carbons (Fsp3) is 0.333. The SMILES string of the molecule is OCC1c2ccccc2CCN1Cc1nc(CCc2ccccc2)no1. The highest BCUT2D eigenvalue weighted by molar-refractivity contribution is 5.32. The Morgan fingerprint density at radius 1 is 1.04 bits per heavy atom. The van der Waals surface area contributed by atoms with Gasteiger partial charge in [-0.25, -0.2) is 0 Å². The molecule has 0 saturated carbocycles. The first kappa shape index (κ1) is 16.9. The van der Waals surface area contributed by atoms with Crippen LogP contribution in [0.15, 0.2) is 59.1 Å². The van der Waals surface area contributed by atoms with Gasteiger partial charge in [0.15, 0.2) is 5.82 Å². The summed E-state index contributed by atoms with van der Waals surface area (Å²) < 4.78 is 5.45. The number of aryl methyl sites for hydroxylation is 2. The largest absolute Gasteiger partial charge is 0.394 e. The third-order valence-electron chi connectivity index (χ3n) is 5.02. The Labute approximate surface area is 153 Å². The molecule has 1 aliphatic rings. The van der Waals surface area contributed by atoms with E-state index in [4.69, 9.17) is 4.52 Å². The molecule has 1 N–H and O–H groups in total.